The van der Waals surface area contributed by atoms with Crippen LogP contribution in [0.4, 0.5) is 0 Å². The zero-order valence-electron chi connectivity index (χ0n) is 14.6. The number of amides is 1. The molecule has 1 aliphatic heterocycles. The maximum Gasteiger partial charge on any atom is 0.370 e. The maximum absolute atomic E-state index is 12.1. The SMILES string of the molecule is CCCO[C@@H]1C=C(C(=O)O)O[C@@H]([C@H](O)C(O)CO)[C@@H]1NC(=O)C(C)C. The predicted molar refractivity (Wildman–Crippen MR) is 86.5 cm³/mol. The average molecular weight is 361 g/mol. The standard InChI is InChI=1S/C16H27NO8/c1-4-5-24-10-6-11(16(22)23)25-14(13(20)9(19)7-18)12(10)17-15(21)8(2)3/h6,8-10,12-14,18-20H,4-5,7H2,1-3H3,(H,17,21)(H,22,23)/t9?,10-,12-,13-,14-/m1/s1. The minimum absolute atomic E-state index is 0.299. The van der Waals surface area contributed by atoms with Gasteiger partial charge in [0.05, 0.1) is 12.6 Å². The third kappa shape index (κ3) is 5.67. The first-order valence-corrected chi connectivity index (χ1v) is 8.23. The van der Waals surface area contributed by atoms with E-state index in [9.17, 15) is 24.9 Å². The van der Waals surface area contributed by atoms with E-state index in [2.05, 4.69) is 5.32 Å². The van der Waals surface area contributed by atoms with Crippen molar-refractivity contribution in [3.63, 3.8) is 0 Å². The zero-order chi connectivity index (χ0) is 19.1. The number of carboxylic acid groups (broad SMARTS) is 1. The summed E-state index contributed by atoms with van der Waals surface area (Å²) in [5, 5.41) is 40.9. The molecule has 25 heavy (non-hydrogen) atoms. The number of hydrogen-bond acceptors (Lipinski definition) is 7. The lowest BCUT2D eigenvalue weighted by atomic mass is 9.93. The Labute approximate surface area is 146 Å². The summed E-state index contributed by atoms with van der Waals surface area (Å²) < 4.78 is 10.9. The number of nitrogens with one attached hydrogen (secondary N) is 1. The summed E-state index contributed by atoms with van der Waals surface area (Å²) >= 11 is 0. The number of aliphatic carboxylic acids is 1. The molecule has 1 amide bonds. The quantitative estimate of drug-likeness (QED) is 0.352. The molecule has 5 atom stereocenters. The van der Waals surface area contributed by atoms with E-state index in [-0.39, 0.29) is 11.8 Å². The lowest BCUT2D eigenvalue weighted by molar-refractivity contribution is -0.152. The molecular weight excluding hydrogens is 334 g/mol. The molecule has 0 radical (unpaired) electrons. The Hall–Kier alpha value is -1.68. The van der Waals surface area contributed by atoms with Gasteiger partial charge < -0.3 is 35.2 Å². The van der Waals surface area contributed by atoms with Crippen LogP contribution in [0.2, 0.25) is 0 Å². The van der Waals surface area contributed by atoms with Crippen LogP contribution in [0.25, 0.3) is 0 Å². The van der Waals surface area contributed by atoms with Crippen molar-refractivity contribution in [1.29, 1.82) is 0 Å². The maximum atomic E-state index is 12.1. The largest absolute Gasteiger partial charge is 0.478 e. The molecule has 1 rings (SSSR count). The zero-order valence-corrected chi connectivity index (χ0v) is 14.6. The van der Waals surface area contributed by atoms with Crippen molar-refractivity contribution in [2.75, 3.05) is 13.2 Å². The molecule has 1 heterocycles. The number of ether oxygens (including phenoxy) is 2. The first kappa shape index (κ1) is 21.4. The number of carbonyl (C=O) groups is 2. The van der Waals surface area contributed by atoms with Gasteiger partial charge in [-0.2, -0.15) is 0 Å². The first-order chi connectivity index (χ1) is 11.7. The average Bonchev–Trinajstić information content (AvgIpc) is 2.58. The van der Waals surface area contributed by atoms with Crippen molar-refractivity contribution in [3.05, 3.63) is 11.8 Å². The molecule has 0 saturated carbocycles. The summed E-state index contributed by atoms with van der Waals surface area (Å²) in [5.41, 5.74) is 0. The molecular formula is C16H27NO8. The summed E-state index contributed by atoms with van der Waals surface area (Å²) in [5.74, 6) is -2.53. The van der Waals surface area contributed by atoms with Crippen molar-refractivity contribution in [2.45, 2.75) is 57.6 Å². The van der Waals surface area contributed by atoms with Gasteiger partial charge in [0.15, 0.2) is 6.10 Å². The molecule has 0 bridgehead atoms. The normalized spacial score (nSPS) is 25.7. The second-order valence-electron chi connectivity index (χ2n) is 6.18. The molecule has 0 aromatic carbocycles. The lowest BCUT2D eigenvalue weighted by Gasteiger charge is -2.40. The van der Waals surface area contributed by atoms with Gasteiger partial charge in [-0.1, -0.05) is 20.8 Å². The monoisotopic (exact) mass is 361 g/mol. The third-order valence-electron chi connectivity index (χ3n) is 3.76. The second-order valence-corrected chi connectivity index (χ2v) is 6.18. The lowest BCUT2D eigenvalue weighted by Crippen LogP contribution is -2.61. The van der Waals surface area contributed by atoms with E-state index in [1.807, 2.05) is 6.92 Å². The number of carbonyl (C=O) groups excluding carboxylic acids is 1. The summed E-state index contributed by atoms with van der Waals surface area (Å²) in [6, 6.07) is -0.930. The van der Waals surface area contributed by atoms with Crippen LogP contribution in [0.5, 0.6) is 0 Å². The molecule has 5 N–H and O–H groups in total. The molecule has 0 fully saturated rings. The predicted octanol–water partition coefficient (Wildman–Crippen LogP) is -0.996. The van der Waals surface area contributed by atoms with E-state index in [0.717, 1.165) is 0 Å². The van der Waals surface area contributed by atoms with Crippen LogP contribution in [0.15, 0.2) is 11.8 Å². The highest BCUT2D eigenvalue weighted by molar-refractivity contribution is 5.85. The van der Waals surface area contributed by atoms with E-state index < -0.39 is 48.8 Å². The van der Waals surface area contributed by atoms with Crippen LogP contribution < -0.4 is 5.32 Å². The van der Waals surface area contributed by atoms with E-state index in [1.165, 1.54) is 6.08 Å². The molecule has 1 unspecified atom stereocenters. The van der Waals surface area contributed by atoms with Crippen LogP contribution in [-0.4, -0.2) is 76.0 Å². The minimum Gasteiger partial charge on any atom is -0.478 e. The Morgan fingerprint density at radius 2 is 2.00 bits per heavy atom. The molecule has 144 valence electrons. The number of aliphatic hydroxyl groups excluding tert-OH is 3. The van der Waals surface area contributed by atoms with Gasteiger partial charge in [0, 0.05) is 12.5 Å². The van der Waals surface area contributed by atoms with Crippen molar-refractivity contribution in [2.24, 2.45) is 5.92 Å². The van der Waals surface area contributed by atoms with Crippen molar-refractivity contribution in [3.8, 4) is 0 Å². The van der Waals surface area contributed by atoms with E-state index >= 15 is 0 Å². The highest BCUT2D eigenvalue weighted by atomic mass is 16.5. The van der Waals surface area contributed by atoms with Crippen LogP contribution in [0, 0.1) is 5.92 Å². The highest BCUT2D eigenvalue weighted by Gasteiger charge is 2.44. The summed E-state index contributed by atoms with van der Waals surface area (Å²) in [4.78, 5) is 23.4. The fourth-order valence-electron chi connectivity index (χ4n) is 2.33. The van der Waals surface area contributed by atoms with Crippen LogP contribution in [0.1, 0.15) is 27.2 Å². The fourth-order valence-corrected chi connectivity index (χ4v) is 2.33. The van der Waals surface area contributed by atoms with Gasteiger partial charge in [-0.25, -0.2) is 4.79 Å². The van der Waals surface area contributed by atoms with Crippen molar-refractivity contribution < 1.29 is 39.5 Å². The van der Waals surface area contributed by atoms with Gasteiger partial charge in [0.1, 0.15) is 18.3 Å². The smallest absolute Gasteiger partial charge is 0.370 e. The van der Waals surface area contributed by atoms with E-state index in [4.69, 9.17) is 14.6 Å². The van der Waals surface area contributed by atoms with Gasteiger partial charge in [-0.05, 0) is 12.5 Å². The van der Waals surface area contributed by atoms with Crippen LogP contribution in [0.3, 0.4) is 0 Å². The Balaban J connectivity index is 3.19. The van der Waals surface area contributed by atoms with E-state index in [1.54, 1.807) is 13.8 Å². The van der Waals surface area contributed by atoms with Gasteiger partial charge in [-0.3, -0.25) is 4.79 Å². The summed E-state index contributed by atoms with van der Waals surface area (Å²) in [6.07, 6.45) is -3.49. The Morgan fingerprint density at radius 1 is 1.36 bits per heavy atom. The minimum atomic E-state index is -1.63. The molecule has 0 saturated heterocycles. The Bertz CT molecular complexity index is 493. The van der Waals surface area contributed by atoms with Crippen molar-refractivity contribution >= 4 is 11.9 Å². The highest BCUT2D eigenvalue weighted by Crippen LogP contribution is 2.25. The fraction of sp³-hybridized carbons (Fsp3) is 0.750. The van der Waals surface area contributed by atoms with Crippen LogP contribution >= 0.6 is 0 Å². The number of aliphatic hydroxyl groups is 3. The molecule has 1 aliphatic rings. The molecule has 9 nitrogen and oxygen atoms in total. The topological polar surface area (TPSA) is 146 Å². The number of hydrogen-bond donors (Lipinski definition) is 5. The Morgan fingerprint density at radius 3 is 2.48 bits per heavy atom. The number of rotatable bonds is 9. The second kappa shape index (κ2) is 9.71. The molecule has 0 aliphatic carbocycles. The van der Waals surface area contributed by atoms with E-state index in [0.29, 0.717) is 13.0 Å². The Kier molecular flexibility index (Phi) is 8.30. The first-order valence-electron chi connectivity index (χ1n) is 8.23. The van der Waals surface area contributed by atoms with Crippen LogP contribution in [-0.2, 0) is 19.1 Å². The van der Waals surface area contributed by atoms with Gasteiger partial charge in [-0.15, -0.1) is 0 Å². The van der Waals surface area contributed by atoms with Crippen molar-refractivity contribution in [1.82, 2.24) is 5.32 Å². The molecule has 0 aromatic rings. The third-order valence-corrected chi connectivity index (χ3v) is 3.76. The van der Waals surface area contributed by atoms with Gasteiger partial charge in [0.25, 0.3) is 0 Å². The van der Waals surface area contributed by atoms with Gasteiger partial charge >= 0.3 is 5.97 Å². The molecule has 0 spiro atoms. The molecule has 0 aromatic heterocycles. The van der Waals surface area contributed by atoms with Gasteiger partial charge in [0.2, 0.25) is 11.7 Å². The molecule has 9 heteroatoms. The number of carboxylic acids is 1. The summed E-state index contributed by atoms with van der Waals surface area (Å²) in [7, 11) is 0. The summed E-state index contributed by atoms with van der Waals surface area (Å²) in [6.45, 7) is 4.76.